The molecule has 0 aromatic carbocycles. The highest BCUT2D eigenvalue weighted by atomic mass is 16.7. The molecule has 1 heterocycles. The third-order valence-electron chi connectivity index (χ3n) is 2.43. The van der Waals surface area contributed by atoms with Crippen molar-refractivity contribution >= 4 is 5.91 Å². The Hall–Kier alpha value is -0.610. The monoisotopic (exact) mass is 187 g/mol. The van der Waals surface area contributed by atoms with E-state index in [-0.39, 0.29) is 24.0 Å². The zero-order chi connectivity index (χ0) is 10.0. The van der Waals surface area contributed by atoms with E-state index in [0.717, 1.165) is 6.42 Å². The highest BCUT2D eigenvalue weighted by Crippen LogP contribution is 2.26. The molecule has 0 bridgehead atoms. The summed E-state index contributed by atoms with van der Waals surface area (Å²) in [7, 11) is 3.07. The van der Waals surface area contributed by atoms with Gasteiger partial charge in [-0.3, -0.25) is 9.63 Å². The Bertz CT molecular complexity index is 195. The second kappa shape index (κ2) is 4.07. The number of hydrogen-bond donors (Lipinski definition) is 0. The van der Waals surface area contributed by atoms with Gasteiger partial charge in [0, 0.05) is 7.05 Å². The van der Waals surface area contributed by atoms with E-state index in [2.05, 4.69) is 0 Å². The van der Waals surface area contributed by atoms with E-state index in [1.54, 1.807) is 7.05 Å². The number of carbonyl (C=O) groups is 1. The molecule has 0 radical (unpaired) electrons. The van der Waals surface area contributed by atoms with Gasteiger partial charge in [0.15, 0.2) is 0 Å². The van der Waals surface area contributed by atoms with Crippen molar-refractivity contribution in [2.75, 3.05) is 14.2 Å². The summed E-state index contributed by atoms with van der Waals surface area (Å²) in [5.74, 6) is 0.180. The topological polar surface area (TPSA) is 38.8 Å². The highest BCUT2D eigenvalue weighted by Gasteiger charge is 2.36. The van der Waals surface area contributed by atoms with E-state index < -0.39 is 0 Å². The molecule has 1 amide bonds. The molecule has 4 nitrogen and oxygen atoms in total. The van der Waals surface area contributed by atoms with Gasteiger partial charge in [-0.1, -0.05) is 6.92 Å². The molecule has 0 aromatic rings. The molecule has 0 N–H and O–H groups in total. The molecule has 13 heavy (non-hydrogen) atoms. The first kappa shape index (κ1) is 10.5. The summed E-state index contributed by atoms with van der Waals surface area (Å²) in [5, 5.41) is 1.22. The molecular formula is C9H17NO3. The van der Waals surface area contributed by atoms with Gasteiger partial charge in [-0.15, -0.1) is 0 Å². The van der Waals surface area contributed by atoms with Gasteiger partial charge in [-0.25, -0.2) is 5.06 Å². The van der Waals surface area contributed by atoms with Gasteiger partial charge in [0.05, 0.1) is 13.2 Å². The van der Waals surface area contributed by atoms with Crippen molar-refractivity contribution < 1.29 is 14.4 Å². The van der Waals surface area contributed by atoms with Crippen LogP contribution in [-0.2, 0) is 14.4 Å². The second-order valence-electron chi connectivity index (χ2n) is 3.60. The van der Waals surface area contributed by atoms with Crippen molar-refractivity contribution in [2.24, 2.45) is 5.92 Å². The van der Waals surface area contributed by atoms with Gasteiger partial charge < -0.3 is 4.74 Å². The van der Waals surface area contributed by atoms with Crippen molar-refractivity contribution in [1.29, 1.82) is 0 Å². The lowest BCUT2D eigenvalue weighted by molar-refractivity contribution is -0.181. The van der Waals surface area contributed by atoms with Gasteiger partial charge in [0.1, 0.15) is 6.10 Å². The average Bonchev–Trinajstić information content (AvgIpc) is 2.42. The number of likely N-dealkylation sites (N-methyl/N-ethyl adjacent to an activating group) is 1. The van der Waals surface area contributed by atoms with E-state index in [1.165, 1.54) is 12.2 Å². The Labute approximate surface area is 78.8 Å². The molecule has 1 aliphatic rings. The Kier molecular flexibility index (Phi) is 3.27. The molecule has 0 unspecified atom stereocenters. The fourth-order valence-electron chi connectivity index (χ4n) is 1.66. The van der Waals surface area contributed by atoms with Gasteiger partial charge in [0.25, 0.3) is 5.91 Å². The van der Waals surface area contributed by atoms with E-state index in [4.69, 9.17) is 9.57 Å². The molecule has 1 aliphatic heterocycles. The molecule has 0 spiro atoms. The molecule has 1 rings (SSSR count). The largest absolute Gasteiger partial charge is 0.365 e. The van der Waals surface area contributed by atoms with Crippen molar-refractivity contribution in [3.63, 3.8) is 0 Å². The molecule has 0 aromatic heterocycles. The van der Waals surface area contributed by atoms with E-state index in [0.29, 0.717) is 0 Å². The third kappa shape index (κ3) is 2.19. The average molecular weight is 187 g/mol. The van der Waals surface area contributed by atoms with Crippen molar-refractivity contribution in [2.45, 2.75) is 32.5 Å². The molecule has 76 valence electrons. The van der Waals surface area contributed by atoms with Crippen LogP contribution in [0.15, 0.2) is 0 Å². The fraction of sp³-hybridized carbons (Fsp3) is 0.889. The Morgan fingerprint density at radius 3 is 2.54 bits per heavy atom. The van der Waals surface area contributed by atoms with Gasteiger partial charge in [-0.2, -0.15) is 0 Å². The first-order chi connectivity index (χ1) is 6.06. The maximum atomic E-state index is 11.6. The SMILES string of the molecule is CON(C)C(=O)[C@H]1O[C@@H](C)C[C@H]1C. The van der Waals surface area contributed by atoms with E-state index in [9.17, 15) is 4.79 Å². The Morgan fingerprint density at radius 1 is 1.54 bits per heavy atom. The Balaban J connectivity index is 2.57. The summed E-state index contributed by atoms with van der Waals surface area (Å²) in [6.07, 6.45) is 0.780. The first-order valence-corrected chi connectivity index (χ1v) is 4.53. The predicted octanol–water partition coefficient (Wildman–Crippen LogP) is 0.820. The van der Waals surface area contributed by atoms with Crippen LogP contribution in [0.4, 0.5) is 0 Å². The lowest BCUT2D eigenvalue weighted by atomic mass is 10.0. The standard InChI is InChI=1S/C9H17NO3/c1-6-5-7(2)13-8(6)9(11)10(3)12-4/h6-8H,5H2,1-4H3/t6-,7+,8+/m1/s1. The predicted molar refractivity (Wildman–Crippen MR) is 47.9 cm³/mol. The Morgan fingerprint density at radius 2 is 2.15 bits per heavy atom. The van der Waals surface area contributed by atoms with Crippen LogP contribution in [0.3, 0.4) is 0 Å². The van der Waals surface area contributed by atoms with Crippen LogP contribution in [0, 0.1) is 5.92 Å². The second-order valence-corrected chi connectivity index (χ2v) is 3.60. The van der Waals surface area contributed by atoms with Crippen LogP contribution in [0.5, 0.6) is 0 Å². The summed E-state index contributed by atoms with van der Waals surface area (Å²) in [5.41, 5.74) is 0. The van der Waals surface area contributed by atoms with Gasteiger partial charge in [-0.05, 0) is 19.3 Å². The fourth-order valence-corrected chi connectivity index (χ4v) is 1.66. The first-order valence-electron chi connectivity index (χ1n) is 4.53. The lowest BCUT2D eigenvalue weighted by Gasteiger charge is -2.20. The van der Waals surface area contributed by atoms with Gasteiger partial charge >= 0.3 is 0 Å². The molecular weight excluding hydrogens is 170 g/mol. The number of hydrogen-bond acceptors (Lipinski definition) is 3. The zero-order valence-corrected chi connectivity index (χ0v) is 8.61. The van der Waals surface area contributed by atoms with Crippen LogP contribution >= 0.6 is 0 Å². The molecule has 0 aliphatic carbocycles. The maximum absolute atomic E-state index is 11.6. The molecule has 4 heteroatoms. The van der Waals surface area contributed by atoms with Crippen LogP contribution in [0.1, 0.15) is 20.3 Å². The van der Waals surface area contributed by atoms with Crippen molar-refractivity contribution in [3.8, 4) is 0 Å². The number of hydroxylamine groups is 2. The maximum Gasteiger partial charge on any atom is 0.275 e. The van der Waals surface area contributed by atoms with E-state index in [1.807, 2.05) is 13.8 Å². The quantitative estimate of drug-likeness (QED) is 0.601. The number of carbonyl (C=O) groups excluding carboxylic acids is 1. The lowest BCUT2D eigenvalue weighted by Crippen LogP contribution is -2.38. The summed E-state index contributed by atoms with van der Waals surface area (Å²) >= 11 is 0. The smallest absolute Gasteiger partial charge is 0.275 e. The minimum absolute atomic E-state index is 0.0978. The molecule has 0 saturated carbocycles. The summed E-state index contributed by atoms with van der Waals surface area (Å²) in [6, 6.07) is 0. The number of amides is 1. The molecule has 1 saturated heterocycles. The zero-order valence-electron chi connectivity index (χ0n) is 8.61. The number of nitrogens with zero attached hydrogens (tertiary/aromatic N) is 1. The normalized spacial score (nSPS) is 33.4. The third-order valence-corrected chi connectivity index (χ3v) is 2.43. The van der Waals surface area contributed by atoms with Crippen LogP contribution < -0.4 is 0 Å². The minimum Gasteiger partial charge on any atom is -0.365 e. The highest BCUT2D eigenvalue weighted by molar-refractivity contribution is 5.80. The summed E-state index contributed by atoms with van der Waals surface area (Å²) in [6.45, 7) is 4.01. The number of ether oxygens (including phenoxy) is 1. The van der Waals surface area contributed by atoms with Crippen LogP contribution in [-0.4, -0.2) is 37.3 Å². The molecule has 3 atom stereocenters. The van der Waals surface area contributed by atoms with E-state index >= 15 is 0 Å². The van der Waals surface area contributed by atoms with Crippen LogP contribution in [0.25, 0.3) is 0 Å². The van der Waals surface area contributed by atoms with Crippen LogP contribution in [0.2, 0.25) is 0 Å². The number of rotatable bonds is 2. The summed E-state index contributed by atoms with van der Waals surface area (Å²) < 4.78 is 5.49. The minimum atomic E-state index is -0.333. The van der Waals surface area contributed by atoms with Gasteiger partial charge in [0.2, 0.25) is 0 Å². The summed E-state index contributed by atoms with van der Waals surface area (Å²) in [4.78, 5) is 16.4. The van der Waals surface area contributed by atoms with Crippen molar-refractivity contribution in [3.05, 3.63) is 0 Å². The van der Waals surface area contributed by atoms with Crippen molar-refractivity contribution in [1.82, 2.24) is 5.06 Å². The molecule has 1 fully saturated rings.